The van der Waals surface area contributed by atoms with Crippen molar-refractivity contribution in [1.29, 1.82) is 0 Å². The molecule has 8 aliphatic rings. The molecule has 0 aromatic heterocycles. The summed E-state index contributed by atoms with van der Waals surface area (Å²) in [5, 5.41) is 8.63. The van der Waals surface area contributed by atoms with Crippen LogP contribution in [0, 0.1) is 35.5 Å². The molecule has 304 valence electrons. The van der Waals surface area contributed by atoms with Crippen molar-refractivity contribution in [3.8, 4) is 5.75 Å². The number of hydrogen-bond donors (Lipinski definition) is 2. The highest BCUT2D eigenvalue weighted by molar-refractivity contribution is 7.68. The lowest BCUT2D eigenvalue weighted by Crippen LogP contribution is -2.58. The van der Waals surface area contributed by atoms with Gasteiger partial charge in [-0.05, 0) is 168 Å². The van der Waals surface area contributed by atoms with Crippen LogP contribution in [0.3, 0.4) is 0 Å². The predicted octanol–water partition coefficient (Wildman–Crippen LogP) is 10.9. The summed E-state index contributed by atoms with van der Waals surface area (Å²) in [6.45, 7) is 13.8. The Morgan fingerprint density at radius 2 is 1.11 bits per heavy atom. The fourth-order valence-electron chi connectivity index (χ4n) is 14.2. The van der Waals surface area contributed by atoms with E-state index in [1.807, 2.05) is 30.3 Å². The van der Waals surface area contributed by atoms with Crippen molar-refractivity contribution in [2.45, 2.75) is 152 Å². The third kappa shape index (κ3) is 7.29. The molecule has 11 rings (SSSR count). The second kappa shape index (κ2) is 14.5. The first kappa shape index (κ1) is 39.3. The molecule has 8 fully saturated rings. The number of nitrogens with one attached hydrogen (secondary N) is 2. The van der Waals surface area contributed by atoms with E-state index in [4.69, 9.17) is 4.74 Å². The van der Waals surface area contributed by atoms with Gasteiger partial charge in [0.1, 0.15) is 5.75 Å². The van der Waals surface area contributed by atoms with Crippen LogP contribution in [-0.4, -0.2) is 29.2 Å². The van der Waals surface area contributed by atoms with E-state index in [-0.39, 0.29) is 10.8 Å². The molecule has 8 bridgehead atoms. The average molecular weight is 787 g/mol. The van der Waals surface area contributed by atoms with Gasteiger partial charge in [-0.2, -0.15) is 0 Å². The number of rotatable bonds is 9. The van der Waals surface area contributed by atoms with Gasteiger partial charge in [0.25, 0.3) is 0 Å². The molecule has 8 aliphatic carbocycles. The highest BCUT2D eigenvalue weighted by Crippen LogP contribution is 2.78. The Labute approximate surface area is 344 Å². The van der Waals surface area contributed by atoms with Crippen molar-refractivity contribution in [2.24, 2.45) is 35.5 Å². The van der Waals surface area contributed by atoms with E-state index < -0.39 is 25.8 Å². The first-order chi connectivity index (χ1) is 27.1. The lowest BCUT2D eigenvalue weighted by atomic mass is 9.55. The number of amides is 2. The molecule has 0 aliphatic heterocycles. The minimum Gasteiger partial charge on any atom is -0.496 e. The maximum atomic E-state index is 14.4. The molecule has 2 N–H and O–H groups in total. The van der Waals surface area contributed by atoms with Crippen molar-refractivity contribution in [2.75, 3.05) is 7.11 Å². The molecule has 3 aromatic carbocycles. The molecule has 0 saturated heterocycles. The standard InChI is InChI=1S/C51H67N2O3P/c1-48(2,3)41-23-39(24-42(45(41)56-7)49(4,5)6)44(53-47(55)46(54)52-31-32-13-9-8-10-14-32)40-15-11-12-16-43(40)57(50-25-33-17-34(26-50)19-35(18-33)27-50)51-28-36-20-37(29-51)22-38(21-36)30-51/h8-16,23-24,33-38,44H,17-22,25-31H2,1-7H3,(H,52,54)(H,53,55)/t33?,34?,35?,36?,37?,38?,44-,50?,51?,57?/m1/s1. The third-order valence-corrected chi connectivity index (χ3v) is 19.4. The molecule has 0 radical (unpaired) electrons. The molecular formula is C51H67N2O3P. The fraction of sp³-hybridized carbons (Fsp3) is 0.608. The van der Waals surface area contributed by atoms with Crippen LogP contribution < -0.4 is 20.7 Å². The zero-order valence-corrected chi connectivity index (χ0v) is 36.7. The zero-order chi connectivity index (χ0) is 39.9. The summed E-state index contributed by atoms with van der Waals surface area (Å²) >= 11 is 0. The van der Waals surface area contributed by atoms with Gasteiger partial charge in [-0.1, -0.05) is 104 Å². The SMILES string of the molecule is COc1c(C(C)(C)C)cc([C@@H](NC(=O)C(=O)NCc2ccccc2)c2ccccc2P(C23CC4CC(CC(C4)C2)C3)C23CC4CC(CC(C4)C2)C3)cc1C(C)(C)C. The molecule has 2 amide bonds. The van der Waals surface area contributed by atoms with Gasteiger partial charge in [0.05, 0.1) is 13.2 Å². The number of hydrogen-bond acceptors (Lipinski definition) is 3. The van der Waals surface area contributed by atoms with Gasteiger partial charge in [0.2, 0.25) is 0 Å². The van der Waals surface area contributed by atoms with Gasteiger partial charge in [-0.3, -0.25) is 9.59 Å². The minimum absolute atomic E-state index is 0.215. The van der Waals surface area contributed by atoms with Crippen LogP contribution in [0.15, 0.2) is 66.7 Å². The summed E-state index contributed by atoms with van der Waals surface area (Å²) in [4.78, 5) is 28.2. The van der Waals surface area contributed by atoms with Crippen LogP contribution in [0.2, 0.25) is 0 Å². The second-order valence-corrected chi connectivity index (χ2v) is 25.0. The van der Waals surface area contributed by atoms with Gasteiger partial charge in [0, 0.05) is 17.7 Å². The number of ether oxygens (including phenoxy) is 1. The smallest absolute Gasteiger partial charge is 0.310 e. The van der Waals surface area contributed by atoms with Crippen molar-refractivity contribution in [3.05, 3.63) is 94.5 Å². The first-order valence-electron chi connectivity index (χ1n) is 22.4. The van der Waals surface area contributed by atoms with E-state index in [9.17, 15) is 9.59 Å². The zero-order valence-electron chi connectivity index (χ0n) is 35.8. The third-order valence-electron chi connectivity index (χ3n) is 15.5. The molecule has 57 heavy (non-hydrogen) atoms. The van der Waals surface area contributed by atoms with Crippen LogP contribution in [0.1, 0.15) is 152 Å². The molecule has 0 heterocycles. The van der Waals surface area contributed by atoms with Crippen molar-refractivity contribution < 1.29 is 14.3 Å². The molecule has 3 aromatic rings. The highest BCUT2D eigenvalue weighted by Gasteiger charge is 2.63. The van der Waals surface area contributed by atoms with Crippen LogP contribution >= 0.6 is 7.92 Å². The number of methoxy groups -OCH3 is 1. The fourth-order valence-corrected chi connectivity index (χ4v) is 19.5. The minimum atomic E-state index is -0.591. The Balaban J connectivity index is 1.21. The second-order valence-electron chi connectivity index (χ2n) is 21.9. The van der Waals surface area contributed by atoms with Gasteiger partial charge in [-0.25, -0.2) is 0 Å². The summed E-state index contributed by atoms with van der Waals surface area (Å²) in [5.74, 6) is 4.98. The predicted molar refractivity (Wildman–Crippen MR) is 233 cm³/mol. The summed E-state index contributed by atoms with van der Waals surface area (Å²) in [6, 6.07) is 23.3. The normalized spacial score (nSPS) is 32.2. The van der Waals surface area contributed by atoms with E-state index in [1.165, 1.54) is 87.9 Å². The monoisotopic (exact) mass is 786 g/mol. The summed E-state index contributed by atoms with van der Waals surface area (Å²) in [5.41, 5.74) is 5.04. The van der Waals surface area contributed by atoms with Crippen LogP contribution in [0.25, 0.3) is 0 Å². The Morgan fingerprint density at radius 1 is 0.667 bits per heavy atom. The van der Waals surface area contributed by atoms with E-state index in [0.29, 0.717) is 16.9 Å². The number of carbonyl (C=O) groups excluding carboxylic acids is 2. The largest absolute Gasteiger partial charge is 0.496 e. The Kier molecular flexibility index (Phi) is 10.0. The first-order valence-corrected chi connectivity index (χ1v) is 23.7. The van der Waals surface area contributed by atoms with Crippen molar-refractivity contribution >= 4 is 25.0 Å². The molecule has 1 atom stereocenters. The number of carbonyl (C=O) groups is 2. The van der Waals surface area contributed by atoms with Gasteiger partial charge in [0.15, 0.2) is 0 Å². The topological polar surface area (TPSA) is 67.4 Å². The Morgan fingerprint density at radius 3 is 1.54 bits per heavy atom. The molecule has 0 unspecified atom stereocenters. The van der Waals surface area contributed by atoms with E-state index >= 15 is 0 Å². The van der Waals surface area contributed by atoms with E-state index in [2.05, 4.69) is 88.6 Å². The lowest BCUT2D eigenvalue weighted by Gasteiger charge is -2.67. The molecule has 0 spiro atoms. The lowest BCUT2D eigenvalue weighted by molar-refractivity contribution is -0.139. The average Bonchev–Trinajstić information content (AvgIpc) is 3.14. The van der Waals surface area contributed by atoms with Crippen molar-refractivity contribution in [1.82, 2.24) is 10.6 Å². The Hall–Kier alpha value is -3.17. The molecule has 6 heteroatoms. The molecule has 5 nitrogen and oxygen atoms in total. The van der Waals surface area contributed by atoms with Crippen LogP contribution in [-0.2, 0) is 27.0 Å². The maximum Gasteiger partial charge on any atom is 0.310 e. The summed E-state index contributed by atoms with van der Waals surface area (Å²) in [7, 11) is 1.22. The molecule has 8 saturated carbocycles. The maximum absolute atomic E-state index is 14.4. The summed E-state index contributed by atoms with van der Waals surface area (Å²) < 4.78 is 6.25. The van der Waals surface area contributed by atoms with Crippen LogP contribution in [0.5, 0.6) is 5.75 Å². The van der Waals surface area contributed by atoms with Gasteiger partial charge < -0.3 is 15.4 Å². The Bertz CT molecular complexity index is 1860. The number of benzene rings is 3. The van der Waals surface area contributed by atoms with E-state index in [0.717, 1.165) is 63.5 Å². The van der Waals surface area contributed by atoms with Gasteiger partial charge >= 0.3 is 11.8 Å². The highest BCUT2D eigenvalue weighted by atomic mass is 31.1. The molecular weight excluding hydrogens is 720 g/mol. The van der Waals surface area contributed by atoms with E-state index in [1.54, 1.807) is 7.11 Å². The quantitative estimate of drug-likeness (QED) is 0.168. The summed E-state index contributed by atoms with van der Waals surface area (Å²) in [6.07, 6.45) is 17.0. The van der Waals surface area contributed by atoms with Crippen LogP contribution in [0.4, 0.5) is 0 Å². The van der Waals surface area contributed by atoms with Crippen molar-refractivity contribution in [3.63, 3.8) is 0 Å². The van der Waals surface area contributed by atoms with Gasteiger partial charge in [-0.15, -0.1) is 0 Å².